The van der Waals surface area contributed by atoms with Gasteiger partial charge in [-0.15, -0.1) is 0 Å². The van der Waals surface area contributed by atoms with Crippen LogP contribution in [0.3, 0.4) is 0 Å². The van der Waals surface area contributed by atoms with Gasteiger partial charge in [0.15, 0.2) is 0 Å². The van der Waals surface area contributed by atoms with Crippen LogP contribution in [-0.4, -0.2) is 37.6 Å². The number of hydrogen-bond donors (Lipinski definition) is 1. The number of methoxy groups -OCH3 is 1. The van der Waals surface area contributed by atoms with Gasteiger partial charge in [-0.2, -0.15) is 0 Å². The highest BCUT2D eigenvalue weighted by Crippen LogP contribution is 2.06. The Morgan fingerprint density at radius 1 is 1.33 bits per heavy atom. The molecular formula is C14H22N2O2. The molecule has 0 heterocycles. The van der Waals surface area contributed by atoms with E-state index in [2.05, 4.69) is 0 Å². The predicted molar refractivity (Wildman–Crippen MR) is 72.0 cm³/mol. The maximum Gasteiger partial charge on any atom is 0.225 e. The van der Waals surface area contributed by atoms with E-state index < -0.39 is 0 Å². The van der Waals surface area contributed by atoms with Gasteiger partial charge in [-0.25, -0.2) is 0 Å². The molecule has 4 heteroatoms. The molecule has 0 atom stereocenters. The molecule has 100 valence electrons. The van der Waals surface area contributed by atoms with Gasteiger partial charge < -0.3 is 15.4 Å². The second-order valence-corrected chi connectivity index (χ2v) is 4.19. The molecule has 0 saturated heterocycles. The number of rotatable bonds is 8. The van der Waals surface area contributed by atoms with Gasteiger partial charge in [-0.3, -0.25) is 4.79 Å². The van der Waals surface area contributed by atoms with Crippen LogP contribution in [0.25, 0.3) is 0 Å². The molecule has 2 N–H and O–H groups in total. The van der Waals surface area contributed by atoms with Crippen molar-refractivity contribution >= 4 is 5.91 Å². The van der Waals surface area contributed by atoms with Gasteiger partial charge in [0.05, 0.1) is 13.0 Å². The van der Waals surface area contributed by atoms with Crippen molar-refractivity contribution in [1.29, 1.82) is 0 Å². The van der Waals surface area contributed by atoms with Gasteiger partial charge in [0, 0.05) is 20.2 Å². The van der Waals surface area contributed by atoms with Crippen LogP contribution in [0.4, 0.5) is 0 Å². The lowest BCUT2D eigenvalue weighted by atomic mass is 10.2. The summed E-state index contributed by atoms with van der Waals surface area (Å²) >= 11 is 0. The Hall–Kier alpha value is -1.39. The fourth-order valence-electron chi connectivity index (χ4n) is 1.73. The van der Waals surface area contributed by atoms with Gasteiger partial charge in [0.25, 0.3) is 0 Å². The molecule has 0 bridgehead atoms. The summed E-state index contributed by atoms with van der Waals surface area (Å²) in [5.41, 5.74) is 6.65. The van der Waals surface area contributed by atoms with Crippen LogP contribution < -0.4 is 5.73 Å². The van der Waals surface area contributed by atoms with Crippen LogP contribution in [0.1, 0.15) is 18.4 Å². The number of hydrogen-bond acceptors (Lipinski definition) is 3. The normalized spacial score (nSPS) is 10.3. The van der Waals surface area contributed by atoms with Crippen molar-refractivity contribution in [3.63, 3.8) is 0 Å². The number of ether oxygens (including phenoxy) is 1. The lowest BCUT2D eigenvalue weighted by molar-refractivity contribution is -0.132. The summed E-state index contributed by atoms with van der Waals surface area (Å²) in [5.74, 6) is 0.120. The molecule has 1 aromatic rings. The third kappa shape index (κ3) is 5.29. The van der Waals surface area contributed by atoms with Gasteiger partial charge >= 0.3 is 0 Å². The monoisotopic (exact) mass is 250 g/mol. The SMILES string of the molecule is COCCC(=O)N(CCCN)Cc1ccccc1. The van der Waals surface area contributed by atoms with Crippen LogP contribution in [0.15, 0.2) is 30.3 Å². The quantitative estimate of drug-likeness (QED) is 0.758. The highest BCUT2D eigenvalue weighted by atomic mass is 16.5. The van der Waals surface area contributed by atoms with E-state index >= 15 is 0 Å². The first-order valence-electron chi connectivity index (χ1n) is 6.28. The summed E-state index contributed by atoms with van der Waals surface area (Å²) in [7, 11) is 1.61. The van der Waals surface area contributed by atoms with E-state index in [9.17, 15) is 4.79 Å². The topological polar surface area (TPSA) is 55.6 Å². The van der Waals surface area contributed by atoms with Crippen LogP contribution in [0.2, 0.25) is 0 Å². The molecule has 0 aliphatic rings. The van der Waals surface area contributed by atoms with Gasteiger partial charge in [-0.05, 0) is 18.5 Å². The summed E-state index contributed by atoms with van der Waals surface area (Å²) < 4.78 is 4.95. The summed E-state index contributed by atoms with van der Waals surface area (Å²) in [4.78, 5) is 13.9. The summed E-state index contributed by atoms with van der Waals surface area (Å²) in [6.07, 6.45) is 1.25. The Bertz CT molecular complexity index is 341. The molecule has 4 nitrogen and oxygen atoms in total. The molecule has 18 heavy (non-hydrogen) atoms. The lowest BCUT2D eigenvalue weighted by Crippen LogP contribution is -2.33. The van der Waals surface area contributed by atoms with E-state index in [0.717, 1.165) is 12.0 Å². The number of benzene rings is 1. The van der Waals surface area contributed by atoms with Crippen molar-refractivity contribution in [1.82, 2.24) is 4.90 Å². The van der Waals surface area contributed by atoms with E-state index in [-0.39, 0.29) is 5.91 Å². The lowest BCUT2D eigenvalue weighted by Gasteiger charge is -2.22. The Morgan fingerprint density at radius 3 is 2.67 bits per heavy atom. The smallest absolute Gasteiger partial charge is 0.225 e. The van der Waals surface area contributed by atoms with Crippen molar-refractivity contribution in [3.05, 3.63) is 35.9 Å². The molecule has 0 aliphatic heterocycles. The summed E-state index contributed by atoms with van der Waals surface area (Å²) in [5, 5.41) is 0. The minimum absolute atomic E-state index is 0.120. The van der Waals surface area contributed by atoms with Gasteiger partial charge in [0.1, 0.15) is 0 Å². The Morgan fingerprint density at radius 2 is 2.06 bits per heavy atom. The zero-order valence-electron chi connectivity index (χ0n) is 11.0. The molecular weight excluding hydrogens is 228 g/mol. The van der Waals surface area contributed by atoms with E-state index in [1.165, 1.54) is 0 Å². The number of nitrogens with two attached hydrogens (primary N) is 1. The summed E-state index contributed by atoms with van der Waals surface area (Å²) in [6, 6.07) is 9.99. The molecule has 0 saturated carbocycles. The third-order valence-corrected chi connectivity index (χ3v) is 2.72. The third-order valence-electron chi connectivity index (χ3n) is 2.72. The highest BCUT2D eigenvalue weighted by Gasteiger charge is 2.12. The van der Waals surface area contributed by atoms with Crippen molar-refractivity contribution in [3.8, 4) is 0 Å². The van der Waals surface area contributed by atoms with E-state index in [4.69, 9.17) is 10.5 Å². The Kier molecular flexibility index (Phi) is 7.06. The molecule has 0 radical (unpaired) electrons. The maximum atomic E-state index is 12.0. The van der Waals surface area contributed by atoms with E-state index in [1.807, 2.05) is 35.2 Å². The zero-order chi connectivity index (χ0) is 13.2. The van der Waals surface area contributed by atoms with Crippen molar-refractivity contribution < 1.29 is 9.53 Å². The van der Waals surface area contributed by atoms with Crippen LogP contribution in [-0.2, 0) is 16.1 Å². The number of carbonyl (C=O) groups excluding carboxylic acids is 1. The molecule has 0 aromatic heterocycles. The Balaban J connectivity index is 2.57. The average Bonchev–Trinajstić information content (AvgIpc) is 2.42. The van der Waals surface area contributed by atoms with Crippen molar-refractivity contribution in [2.24, 2.45) is 5.73 Å². The largest absolute Gasteiger partial charge is 0.384 e. The molecule has 1 rings (SSSR count). The first kappa shape index (κ1) is 14.7. The maximum absolute atomic E-state index is 12.0. The molecule has 1 aromatic carbocycles. The molecule has 0 fully saturated rings. The number of amides is 1. The van der Waals surface area contributed by atoms with Crippen LogP contribution in [0, 0.1) is 0 Å². The van der Waals surface area contributed by atoms with Crippen molar-refractivity contribution in [2.75, 3.05) is 26.8 Å². The molecule has 0 unspecified atom stereocenters. The van der Waals surface area contributed by atoms with E-state index in [1.54, 1.807) is 7.11 Å². The van der Waals surface area contributed by atoms with Gasteiger partial charge in [0.2, 0.25) is 5.91 Å². The highest BCUT2D eigenvalue weighted by molar-refractivity contribution is 5.76. The second-order valence-electron chi connectivity index (χ2n) is 4.19. The van der Waals surface area contributed by atoms with Crippen LogP contribution in [0.5, 0.6) is 0 Å². The molecule has 1 amide bonds. The summed E-state index contributed by atoms with van der Waals surface area (Å²) in [6.45, 7) is 2.41. The van der Waals surface area contributed by atoms with Crippen LogP contribution >= 0.6 is 0 Å². The molecule has 0 spiro atoms. The minimum Gasteiger partial charge on any atom is -0.384 e. The van der Waals surface area contributed by atoms with Gasteiger partial charge in [-0.1, -0.05) is 30.3 Å². The fourth-order valence-corrected chi connectivity index (χ4v) is 1.73. The predicted octanol–water partition coefficient (Wildman–Crippen LogP) is 1.40. The minimum atomic E-state index is 0.120. The standard InChI is InChI=1S/C14H22N2O2/c1-18-11-8-14(17)16(10-5-9-15)12-13-6-3-2-4-7-13/h2-4,6-7H,5,8-12,15H2,1H3. The first-order chi connectivity index (χ1) is 8.77. The average molecular weight is 250 g/mol. The van der Waals surface area contributed by atoms with E-state index in [0.29, 0.717) is 32.7 Å². The Labute approximate surface area is 109 Å². The number of carbonyl (C=O) groups is 1. The first-order valence-corrected chi connectivity index (χ1v) is 6.28. The number of nitrogens with zero attached hydrogens (tertiary/aromatic N) is 1. The zero-order valence-corrected chi connectivity index (χ0v) is 11.0. The van der Waals surface area contributed by atoms with Crippen molar-refractivity contribution in [2.45, 2.75) is 19.4 Å². The fraction of sp³-hybridized carbons (Fsp3) is 0.500. The molecule has 0 aliphatic carbocycles. The second kappa shape index (κ2) is 8.66.